The van der Waals surface area contributed by atoms with Gasteiger partial charge in [-0.1, -0.05) is 139 Å². The molecule has 2 nitrogen and oxygen atoms in total. The van der Waals surface area contributed by atoms with Crippen molar-refractivity contribution >= 4 is 17.7 Å². The van der Waals surface area contributed by atoms with Crippen LogP contribution in [0.2, 0.25) is 0 Å². The lowest BCUT2D eigenvalue weighted by Gasteiger charge is -2.32. The van der Waals surface area contributed by atoms with E-state index in [2.05, 4.69) is 139 Å². The minimum Gasteiger partial charge on any atom is -0.326 e. The quantitative estimate of drug-likeness (QED) is 0.274. The molecule has 2 rings (SSSR count). The molecular weight excluding hydrogens is 498 g/mol. The van der Waals surface area contributed by atoms with Crippen molar-refractivity contribution in [2.75, 3.05) is 5.32 Å². The fraction of sp³-hybridized carbons (Fsp3) is 0.308. The smallest absolute Gasteiger partial charge is 0.221 e. The first-order valence-corrected chi connectivity index (χ1v) is 14.6. The molecule has 0 atom stereocenters. The third kappa shape index (κ3) is 13.3. The van der Waals surface area contributed by atoms with E-state index in [0.29, 0.717) is 0 Å². The van der Waals surface area contributed by atoms with Crippen LogP contribution in [0.3, 0.4) is 0 Å². The number of carbonyl (C=O) groups excluding carboxylic acids is 1. The van der Waals surface area contributed by atoms with Gasteiger partial charge >= 0.3 is 0 Å². The van der Waals surface area contributed by atoms with Crippen molar-refractivity contribution in [2.24, 2.45) is 5.41 Å². The molecule has 0 fully saturated rings. The first-order valence-electron chi connectivity index (χ1n) is 14.6. The SMILES string of the molecule is CC(=O)Nc1ccc(/C=C/C(C)=C/C=C/C(C)=C/C=C/C=C(C)/C=C/C=C(C)/C=C/C2=C(C)CCCC2(C)C)cc1. The molecular formula is C39H49NO. The lowest BCUT2D eigenvalue weighted by molar-refractivity contribution is -0.114. The average Bonchev–Trinajstić information content (AvgIpc) is 2.90. The van der Waals surface area contributed by atoms with Crippen molar-refractivity contribution in [1.29, 1.82) is 0 Å². The van der Waals surface area contributed by atoms with Gasteiger partial charge in [0.2, 0.25) is 5.91 Å². The molecule has 1 aliphatic carbocycles. The van der Waals surface area contributed by atoms with Gasteiger partial charge in [0.25, 0.3) is 0 Å². The van der Waals surface area contributed by atoms with Crippen molar-refractivity contribution in [3.63, 3.8) is 0 Å². The highest BCUT2D eigenvalue weighted by Crippen LogP contribution is 2.40. The van der Waals surface area contributed by atoms with Crippen molar-refractivity contribution < 1.29 is 4.79 Å². The molecule has 0 spiro atoms. The van der Waals surface area contributed by atoms with Gasteiger partial charge < -0.3 is 5.32 Å². The summed E-state index contributed by atoms with van der Waals surface area (Å²) in [5, 5.41) is 2.78. The molecule has 41 heavy (non-hydrogen) atoms. The van der Waals surface area contributed by atoms with Gasteiger partial charge in [0.1, 0.15) is 0 Å². The molecule has 216 valence electrons. The van der Waals surface area contributed by atoms with Gasteiger partial charge in [-0.05, 0) is 82.6 Å². The predicted octanol–water partition coefficient (Wildman–Crippen LogP) is 11.2. The van der Waals surface area contributed by atoms with Gasteiger partial charge in [-0.2, -0.15) is 0 Å². The Kier molecular flexibility index (Phi) is 13.8. The molecule has 2 heteroatoms. The van der Waals surface area contributed by atoms with Gasteiger partial charge in [0.05, 0.1) is 0 Å². The van der Waals surface area contributed by atoms with Gasteiger partial charge in [0, 0.05) is 12.6 Å². The van der Waals surface area contributed by atoms with E-state index >= 15 is 0 Å². The number of amides is 1. The largest absolute Gasteiger partial charge is 0.326 e. The summed E-state index contributed by atoms with van der Waals surface area (Å²) in [6.07, 6.45) is 33.6. The fourth-order valence-corrected chi connectivity index (χ4v) is 4.67. The predicted molar refractivity (Wildman–Crippen MR) is 182 cm³/mol. The highest BCUT2D eigenvalue weighted by atomic mass is 16.1. The van der Waals surface area contributed by atoms with Crippen LogP contribution in [0.25, 0.3) is 6.08 Å². The van der Waals surface area contributed by atoms with Gasteiger partial charge in [-0.15, -0.1) is 0 Å². The maximum absolute atomic E-state index is 11.1. The number of hydrogen-bond acceptors (Lipinski definition) is 1. The lowest BCUT2D eigenvalue weighted by Crippen LogP contribution is -2.19. The van der Waals surface area contributed by atoms with Crippen molar-refractivity contribution in [3.05, 3.63) is 142 Å². The summed E-state index contributed by atoms with van der Waals surface area (Å²) >= 11 is 0. The minimum atomic E-state index is -0.0631. The maximum atomic E-state index is 11.1. The Morgan fingerprint density at radius 3 is 1.71 bits per heavy atom. The second kappa shape index (κ2) is 17.0. The van der Waals surface area contributed by atoms with E-state index in [1.54, 1.807) is 0 Å². The molecule has 1 aliphatic rings. The number of anilines is 1. The molecule has 0 bridgehead atoms. The van der Waals surface area contributed by atoms with Gasteiger partial charge in [-0.25, -0.2) is 0 Å². The van der Waals surface area contributed by atoms with Crippen LogP contribution in [-0.2, 0) is 4.79 Å². The Labute approximate surface area is 249 Å². The third-order valence-corrected chi connectivity index (χ3v) is 7.09. The maximum Gasteiger partial charge on any atom is 0.221 e. The van der Waals surface area contributed by atoms with Crippen LogP contribution in [0.5, 0.6) is 0 Å². The summed E-state index contributed by atoms with van der Waals surface area (Å²) in [7, 11) is 0. The van der Waals surface area contributed by atoms with Gasteiger partial charge in [-0.3, -0.25) is 4.79 Å². The molecule has 0 aliphatic heterocycles. The van der Waals surface area contributed by atoms with E-state index in [4.69, 9.17) is 0 Å². The fourth-order valence-electron chi connectivity index (χ4n) is 4.67. The third-order valence-electron chi connectivity index (χ3n) is 7.09. The van der Waals surface area contributed by atoms with E-state index in [9.17, 15) is 4.79 Å². The first kappa shape index (κ1) is 33.3. The van der Waals surface area contributed by atoms with Crippen LogP contribution in [0, 0.1) is 5.41 Å². The summed E-state index contributed by atoms with van der Waals surface area (Å²) < 4.78 is 0. The Bertz CT molecular complexity index is 1340. The number of allylic oxidation sites excluding steroid dienone is 19. The Balaban J connectivity index is 1.85. The normalized spacial score (nSPS) is 17.8. The summed E-state index contributed by atoms with van der Waals surface area (Å²) in [6.45, 7) is 17.0. The number of benzene rings is 1. The van der Waals surface area contributed by atoms with Crippen LogP contribution in [-0.4, -0.2) is 5.91 Å². The summed E-state index contributed by atoms with van der Waals surface area (Å²) in [4.78, 5) is 11.1. The van der Waals surface area contributed by atoms with Crippen LogP contribution in [0.15, 0.2) is 137 Å². The molecule has 1 aromatic rings. The highest BCUT2D eigenvalue weighted by molar-refractivity contribution is 5.88. The molecule has 0 unspecified atom stereocenters. The second-order valence-electron chi connectivity index (χ2n) is 11.6. The Morgan fingerprint density at radius 1 is 0.707 bits per heavy atom. The van der Waals surface area contributed by atoms with Crippen molar-refractivity contribution in [2.45, 2.75) is 74.7 Å². The molecule has 0 aromatic heterocycles. The standard InChI is InChI=1S/C39H49NO/c1-30(16-11-18-32(3)21-23-36-24-26-37(27-25-36)40-35(6)41)14-9-10-15-31(2)17-12-19-33(4)22-28-38-34(5)20-13-29-39(38,7)8/h9-12,14-19,21-28H,13,20,29H2,1-8H3,(H,40,41)/b10-9+,16-11+,17-12+,23-21+,28-22+,30-14+,31-15+,32-18+,33-19+. The molecule has 1 N–H and O–H groups in total. The molecule has 0 heterocycles. The summed E-state index contributed by atoms with van der Waals surface area (Å²) in [5.74, 6) is -0.0631. The molecule has 1 aromatic carbocycles. The number of carbonyl (C=O) groups is 1. The zero-order chi connectivity index (χ0) is 30.3. The first-order chi connectivity index (χ1) is 19.5. The van der Waals surface area contributed by atoms with E-state index in [0.717, 1.165) is 16.8 Å². The van der Waals surface area contributed by atoms with E-state index in [1.165, 1.54) is 54.1 Å². The highest BCUT2D eigenvalue weighted by Gasteiger charge is 2.26. The van der Waals surface area contributed by atoms with Crippen LogP contribution in [0.1, 0.15) is 80.2 Å². The zero-order valence-corrected chi connectivity index (χ0v) is 26.4. The average molecular weight is 548 g/mol. The van der Waals surface area contributed by atoms with E-state index in [1.807, 2.05) is 24.3 Å². The number of hydrogen-bond donors (Lipinski definition) is 1. The number of nitrogens with one attached hydrogen (secondary N) is 1. The van der Waals surface area contributed by atoms with Gasteiger partial charge in [0.15, 0.2) is 0 Å². The lowest BCUT2D eigenvalue weighted by atomic mass is 9.72. The van der Waals surface area contributed by atoms with Crippen LogP contribution >= 0.6 is 0 Å². The van der Waals surface area contributed by atoms with Crippen LogP contribution in [0.4, 0.5) is 5.69 Å². The zero-order valence-electron chi connectivity index (χ0n) is 26.4. The molecule has 0 saturated carbocycles. The summed E-state index contributed by atoms with van der Waals surface area (Å²) in [6, 6.07) is 7.79. The second-order valence-corrected chi connectivity index (χ2v) is 11.6. The van der Waals surface area contributed by atoms with E-state index < -0.39 is 0 Å². The summed E-state index contributed by atoms with van der Waals surface area (Å²) in [5.41, 5.74) is 10.0. The van der Waals surface area contributed by atoms with Crippen molar-refractivity contribution in [3.8, 4) is 0 Å². The van der Waals surface area contributed by atoms with E-state index in [-0.39, 0.29) is 11.3 Å². The monoisotopic (exact) mass is 547 g/mol. The molecule has 0 saturated heterocycles. The van der Waals surface area contributed by atoms with Crippen molar-refractivity contribution in [1.82, 2.24) is 0 Å². The topological polar surface area (TPSA) is 29.1 Å². The Hall–Kier alpha value is -3.91. The number of rotatable bonds is 11. The Morgan fingerprint density at radius 2 is 1.20 bits per heavy atom. The minimum absolute atomic E-state index is 0.0631. The molecule has 0 radical (unpaired) electrons. The molecule has 1 amide bonds. The van der Waals surface area contributed by atoms with Crippen LogP contribution < -0.4 is 5.32 Å².